The number of hydrogen-bond acceptors (Lipinski definition) is 3. The Kier molecular flexibility index (Phi) is 5.58. The van der Waals surface area contributed by atoms with Gasteiger partial charge in [-0.05, 0) is 55.7 Å². The molecule has 5 heteroatoms. The van der Waals surface area contributed by atoms with E-state index >= 15 is 0 Å². The molecule has 1 amide bonds. The predicted molar refractivity (Wildman–Crippen MR) is 92.8 cm³/mol. The second-order valence-electron chi connectivity index (χ2n) is 5.75. The number of amides is 1. The number of carboxylic acid groups (broad SMARTS) is 1. The van der Waals surface area contributed by atoms with Crippen LogP contribution < -0.4 is 10.1 Å². The van der Waals surface area contributed by atoms with Gasteiger partial charge >= 0.3 is 5.97 Å². The molecule has 2 aromatic rings. The molecule has 2 rings (SSSR count). The predicted octanol–water partition coefficient (Wildman–Crippen LogP) is 3.72. The van der Waals surface area contributed by atoms with Gasteiger partial charge in [0.05, 0.1) is 18.6 Å². The first-order valence-corrected chi connectivity index (χ1v) is 7.70. The van der Waals surface area contributed by atoms with E-state index in [-0.39, 0.29) is 24.5 Å². The third kappa shape index (κ3) is 4.59. The molecular formula is C19H21NO4. The van der Waals surface area contributed by atoms with Gasteiger partial charge < -0.3 is 15.2 Å². The molecule has 126 valence electrons. The Balaban J connectivity index is 1.93. The normalized spacial score (nSPS) is 10.3. The number of rotatable bonds is 6. The molecule has 0 saturated heterocycles. The number of ether oxygens (including phenoxy) is 1. The van der Waals surface area contributed by atoms with Crippen molar-refractivity contribution in [2.45, 2.75) is 27.2 Å². The first-order valence-electron chi connectivity index (χ1n) is 7.70. The summed E-state index contributed by atoms with van der Waals surface area (Å²) in [4.78, 5) is 23.1. The topological polar surface area (TPSA) is 75.6 Å². The highest BCUT2D eigenvalue weighted by Gasteiger charge is 2.09. The van der Waals surface area contributed by atoms with Crippen LogP contribution in [0.3, 0.4) is 0 Å². The fourth-order valence-electron chi connectivity index (χ4n) is 2.22. The summed E-state index contributed by atoms with van der Waals surface area (Å²) in [6.45, 7) is 6.01. The van der Waals surface area contributed by atoms with Crippen molar-refractivity contribution in [2.75, 3.05) is 11.9 Å². The number of anilines is 1. The average Bonchev–Trinajstić information content (AvgIpc) is 2.52. The molecule has 5 nitrogen and oxygen atoms in total. The van der Waals surface area contributed by atoms with E-state index in [4.69, 9.17) is 9.84 Å². The SMILES string of the molecule is Cc1ccc(C)c(OCCC(=O)Nc2cc(C(=O)O)ccc2C)c1. The summed E-state index contributed by atoms with van der Waals surface area (Å²) in [5.41, 5.74) is 3.57. The lowest BCUT2D eigenvalue weighted by Crippen LogP contribution is -2.16. The van der Waals surface area contributed by atoms with E-state index < -0.39 is 5.97 Å². The summed E-state index contributed by atoms with van der Waals surface area (Å²) in [5, 5.41) is 11.8. The number of aryl methyl sites for hydroxylation is 3. The summed E-state index contributed by atoms with van der Waals surface area (Å²) in [7, 11) is 0. The average molecular weight is 327 g/mol. The monoisotopic (exact) mass is 327 g/mol. The molecule has 0 bridgehead atoms. The highest BCUT2D eigenvalue weighted by Crippen LogP contribution is 2.20. The third-order valence-corrected chi connectivity index (χ3v) is 3.69. The first kappa shape index (κ1) is 17.5. The minimum absolute atomic E-state index is 0.141. The molecule has 0 aliphatic heterocycles. The maximum atomic E-state index is 12.0. The number of carbonyl (C=O) groups is 2. The zero-order valence-corrected chi connectivity index (χ0v) is 14.1. The largest absolute Gasteiger partial charge is 0.493 e. The van der Waals surface area contributed by atoms with E-state index in [1.165, 1.54) is 12.1 Å². The Bertz CT molecular complexity index is 768. The van der Waals surface area contributed by atoms with Gasteiger partial charge in [0.25, 0.3) is 0 Å². The van der Waals surface area contributed by atoms with Crippen LogP contribution in [0.5, 0.6) is 5.75 Å². The van der Waals surface area contributed by atoms with Gasteiger partial charge in [-0.3, -0.25) is 4.79 Å². The molecule has 0 spiro atoms. The number of carbonyl (C=O) groups excluding carboxylic acids is 1. The molecular weight excluding hydrogens is 306 g/mol. The van der Waals surface area contributed by atoms with Gasteiger partial charge in [-0.1, -0.05) is 18.2 Å². The van der Waals surface area contributed by atoms with Crippen LogP contribution in [0.15, 0.2) is 36.4 Å². The van der Waals surface area contributed by atoms with Crippen LogP contribution in [-0.4, -0.2) is 23.6 Å². The maximum absolute atomic E-state index is 12.0. The van der Waals surface area contributed by atoms with Crippen LogP contribution in [0.25, 0.3) is 0 Å². The molecule has 2 N–H and O–H groups in total. The van der Waals surface area contributed by atoms with Crippen molar-refractivity contribution >= 4 is 17.6 Å². The smallest absolute Gasteiger partial charge is 0.335 e. The van der Waals surface area contributed by atoms with Crippen molar-refractivity contribution in [3.05, 3.63) is 58.7 Å². The number of aromatic carboxylic acids is 1. The van der Waals surface area contributed by atoms with Gasteiger partial charge in [-0.15, -0.1) is 0 Å². The standard InChI is InChI=1S/C19H21NO4/c1-12-4-5-14(3)17(10-12)24-9-8-18(21)20-16-11-15(19(22)23)7-6-13(16)2/h4-7,10-11H,8-9H2,1-3H3,(H,20,21)(H,22,23). The molecule has 0 aromatic heterocycles. The van der Waals surface area contributed by atoms with Crippen LogP contribution in [-0.2, 0) is 4.79 Å². The minimum Gasteiger partial charge on any atom is -0.493 e. The molecule has 0 heterocycles. The highest BCUT2D eigenvalue weighted by molar-refractivity contribution is 5.94. The van der Waals surface area contributed by atoms with E-state index in [1.807, 2.05) is 39.0 Å². The van der Waals surface area contributed by atoms with Crippen molar-refractivity contribution in [1.82, 2.24) is 0 Å². The van der Waals surface area contributed by atoms with Crippen LogP contribution in [0.4, 0.5) is 5.69 Å². The maximum Gasteiger partial charge on any atom is 0.335 e. The van der Waals surface area contributed by atoms with Crippen LogP contribution >= 0.6 is 0 Å². The molecule has 0 aliphatic rings. The fraction of sp³-hybridized carbons (Fsp3) is 0.263. The number of hydrogen-bond donors (Lipinski definition) is 2. The van der Waals surface area contributed by atoms with Gasteiger partial charge in [0.15, 0.2) is 0 Å². The Morgan fingerprint density at radius 3 is 2.46 bits per heavy atom. The van der Waals surface area contributed by atoms with E-state index in [1.54, 1.807) is 6.07 Å². The minimum atomic E-state index is -1.02. The van der Waals surface area contributed by atoms with Crippen molar-refractivity contribution in [3.63, 3.8) is 0 Å². The molecule has 0 atom stereocenters. The van der Waals surface area contributed by atoms with Gasteiger partial charge in [0.1, 0.15) is 5.75 Å². The second kappa shape index (κ2) is 7.64. The summed E-state index contributed by atoms with van der Waals surface area (Å²) < 4.78 is 5.66. The highest BCUT2D eigenvalue weighted by atomic mass is 16.5. The Morgan fingerprint density at radius 2 is 1.75 bits per heavy atom. The molecule has 0 fully saturated rings. The van der Waals surface area contributed by atoms with Crippen molar-refractivity contribution in [3.8, 4) is 5.75 Å². The lowest BCUT2D eigenvalue weighted by atomic mass is 10.1. The zero-order chi connectivity index (χ0) is 17.7. The Labute approximate surface area is 141 Å². The summed E-state index contributed by atoms with van der Waals surface area (Å²) in [5.74, 6) is -0.471. The van der Waals surface area contributed by atoms with Crippen molar-refractivity contribution in [1.29, 1.82) is 0 Å². The zero-order valence-electron chi connectivity index (χ0n) is 14.1. The van der Waals surface area contributed by atoms with E-state index in [9.17, 15) is 9.59 Å². The van der Waals surface area contributed by atoms with Gasteiger partial charge in [-0.2, -0.15) is 0 Å². The lowest BCUT2D eigenvalue weighted by Gasteiger charge is -2.11. The van der Waals surface area contributed by atoms with Crippen molar-refractivity contribution < 1.29 is 19.4 Å². The van der Waals surface area contributed by atoms with E-state index in [0.29, 0.717) is 5.69 Å². The van der Waals surface area contributed by atoms with E-state index in [0.717, 1.165) is 22.4 Å². The molecule has 0 radical (unpaired) electrons. The lowest BCUT2D eigenvalue weighted by molar-refractivity contribution is -0.116. The molecule has 2 aromatic carbocycles. The van der Waals surface area contributed by atoms with Gasteiger partial charge in [0.2, 0.25) is 5.91 Å². The molecule has 24 heavy (non-hydrogen) atoms. The summed E-state index contributed by atoms with van der Waals surface area (Å²) in [6.07, 6.45) is 0.185. The van der Waals surface area contributed by atoms with Crippen LogP contribution in [0.1, 0.15) is 33.5 Å². The Morgan fingerprint density at radius 1 is 1.04 bits per heavy atom. The number of nitrogens with one attached hydrogen (secondary N) is 1. The first-order chi connectivity index (χ1) is 11.4. The van der Waals surface area contributed by atoms with Crippen LogP contribution in [0, 0.1) is 20.8 Å². The fourth-order valence-corrected chi connectivity index (χ4v) is 2.22. The Hall–Kier alpha value is -2.82. The summed E-state index contributed by atoms with van der Waals surface area (Å²) >= 11 is 0. The van der Waals surface area contributed by atoms with Crippen molar-refractivity contribution in [2.24, 2.45) is 0 Å². The van der Waals surface area contributed by atoms with Gasteiger partial charge in [0, 0.05) is 5.69 Å². The summed E-state index contributed by atoms with van der Waals surface area (Å²) in [6, 6.07) is 10.6. The van der Waals surface area contributed by atoms with E-state index in [2.05, 4.69) is 5.32 Å². The van der Waals surface area contributed by atoms with Crippen LogP contribution in [0.2, 0.25) is 0 Å². The quantitative estimate of drug-likeness (QED) is 0.848. The van der Waals surface area contributed by atoms with Gasteiger partial charge in [-0.25, -0.2) is 4.79 Å². The molecule has 0 aliphatic carbocycles. The molecule has 0 unspecified atom stereocenters. The number of carboxylic acids is 1. The third-order valence-electron chi connectivity index (χ3n) is 3.69. The number of benzene rings is 2. The molecule has 0 saturated carbocycles. The second-order valence-corrected chi connectivity index (χ2v) is 5.75.